The van der Waals surface area contributed by atoms with Gasteiger partial charge in [-0.2, -0.15) is 24.9 Å². The van der Waals surface area contributed by atoms with Gasteiger partial charge in [0.15, 0.2) is 11.5 Å². The molecule has 1 fully saturated rings. The summed E-state index contributed by atoms with van der Waals surface area (Å²) in [7, 11) is 0. The van der Waals surface area contributed by atoms with Crippen LogP contribution in [0.1, 0.15) is 5.56 Å². The summed E-state index contributed by atoms with van der Waals surface area (Å²) < 4.78 is 9.27. The lowest BCUT2D eigenvalue weighted by atomic mass is 10.1. The highest BCUT2D eigenvalue weighted by molar-refractivity contribution is 5.66. The molecule has 1 saturated heterocycles. The Morgan fingerprint density at radius 3 is 2.61 bits per heavy atom. The Bertz CT molecular complexity index is 1420. The van der Waals surface area contributed by atoms with Crippen molar-refractivity contribution in [2.75, 3.05) is 31.2 Å². The second-order valence-corrected chi connectivity index (χ2v) is 8.02. The molecule has 0 aliphatic carbocycles. The molecule has 6 rings (SSSR count). The number of rotatable bonds is 4. The van der Waals surface area contributed by atoms with Crippen molar-refractivity contribution in [1.29, 1.82) is 0 Å². The molecular formula is C24H22N8O. The third kappa shape index (κ3) is 3.72. The van der Waals surface area contributed by atoms with E-state index in [0.717, 1.165) is 52.9 Å². The maximum atomic E-state index is 5.56. The summed E-state index contributed by atoms with van der Waals surface area (Å²) in [6.45, 7) is 5.03. The summed E-state index contributed by atoms with van der Waals surface area (Å²) in [6.07, 6.45) is 5.32. The van der Waals surface area contributed by atoms with Crippen LogP contribution in [0.25, 0.3) is 34.0 Å². The van der Waals surface area contributed by atoms with E-state index < -0.39 is 0 Å². The zero-order valence-electron chi connectivity index (χ0n) is 18.2. The standard InChI is InChI=1S/C24H22N8O/c1-17-3-2-4-18(13-17)20-6-8-31(28-20)22-15-24(30-9-11-33-12-10-30)32-23(27-22)14-21(29-32)19-5-7-25-26-16-19/h2-8,13-16H,9-12H2,1H3. The molecule has 0 radical (unpaired) electrons. The minimum atomic E-state index is 0.681. The summed E-state index contributed by atoms with van der Waals surface area (Å²) in [6, 6.07) is 16.2. The number of ether oxygens (including phenoxy) is 1. The average Bonchev–Trinajstić information content (AvgIpc) is 3.52. The molecule has 33 heavy (non-hydrogen) atoms. The molecule has 5 aromatic rings. The van der Waals surface area contributed by atoms with Gasteiger partial charge in [-0.15, -0.1) is 0 Å². The van der Waals surface area contributed by atoms with Gasteiger partial charge in [0, 0.05) is 42.5 Å². The number of hydrogen-bond acceptors (Lipinski definition) is 7. The number of benzene rings is 1. The number of anilines is 1. The molecule has 1 aliphatic heterocycles. The van der Waals surface area contributed by atoms with Crippen LogP contribution >= 0.6 is 0 Å². The van der Waals surface area contributed by atoms with Crippen molar-refractivity contribution in [3.63, 3.8) is 0 Å². The van der Waals surface area contributed by atoms with Gasteiger partial charge in [0.1, 0.15) is 5.82 Å². The maximum Gasteiger partial charge on any atom is 0.160 e. The summed E-state index contributed by atoms with van der Waals surface area (Å²) >= 11 is 0. The molecule has 9 nitrogen and oxygen atoms in total. The highest BCUT2D eigenvalue weighted by atomic mass is 16.5. The smallest absolute Gasteiger partial charge is 0.160 e. The van der Waals surface area contributed by atoms with Gasteiger partial charge in [0.2, 0.25) is 0 Å². The Balaban J connectivity index is 1.47. The number of aromatic nitrogens is 7. The SMILES string of the molecule is Cc1cccc(-c2ccn(-c3cc(N4CCOCC4)n4nc(-c5ccnnc5)cc4n3)n2)c1. The minimum Gasteiger partial charge on any atom is -0.378 e. The molecule has 0 atom stereocenters. The van der Waals surface area contributed by atoms with E-state index in [1.165, 1.54) is 5.56 Å². The maximum absolute atomic E-state index is 5.56. The van der Waals surface area contributed by atoms with Crippen molar-refractivity contribution in [3.05, 3.63) is 72.7 Å². The van der Waals surface area contributed by atoms with Crippen LogP contribution < -0.4 is 4.90 Å². The van der Waals surface area contributed by atoms with Crippen molar-refractivity contribution >= 4 is 11.5 Å². The van der Waals surface area contributed by atoms with E-state index >= 15 is 0 Å². The summed E-state index contributed by atoms with van der Waals surface area (Å²) in [5.41, 5.74) is 5.63. The first-order chi connectivity index (χ1) is 16.2. The molecule has 0 saturated carbocycles. The van der Waals surface area contributed by atoms with Gasteiger partial charge in [-0.25, -0.2) is 9.67 Å². The number of morpholine rings is 1. The highest BCUT2D eigenvalue weighted by Crippen LogP contribution is 2.26. The number of aryl methyl sites for hydroxylation is 1. The fourth-order valence-corrected chi connectivity index (χ4v) is 4.07. The van der Waals surface area contributed by atoms with Crippen LogP contribution in [0.4, 0.5) is 5.82 Å². The summed E-state index contributed by atoms with van der Waals surface area (Å²) in [4.78, 5) is 7.15. The lowest BCUT2D eigenvalue weighted by molar-refractivity contribution is 0.122. The predicted octanol–water partition coefficient (Wildman–Crippen LogP) is 3.18. The van der Waals surface area contributed by atoms with Crippen molar-refractivity contribution in [1.82, 2.24) is 34.6 Å². The second kappa shape index (κ2) is 8.10. The van der Waals surface area contributed by atoms with Gasteiger partial charge in [0.25, 0.3) is 0 Å². The molecule has 4 aromatic heterocycles. The van der Waals surface area contributed by atoms with Crippen molar-refractivity contribution in [3.8, 4) is 28.3 Å². The largest absolute Gasteiger partial charge is 0.378 e. The van der Waals surface area contributed by atoms with Crippen LogP contribution in [0.3, 0.4) is 0 Å². The Kier molecular flexibility index (Phi) is 4.80. The molecule has 0 amide bonds. The fourth-order valence-electron chi connectivity index (χ4n) is 4.07. The molecule has 1 aliphatic rings. The van der Waals surface area contributed by atoms with Crippen molar-refractivity contribution in [2.45, 2.75) is 6.92 Å². The Hall–Kier alpha value is -4.11. The van der Waals surface area contributed by atoms with Gasteiger partial charge in [-0.1, -0.05) is 23.8 Å². The zero-order chi connectivity index (χ0) is 22.2. The summed E-state index contributed by atoms with van der Waals surface area (Å²) in [5, 5.41) is 17.5. The predicted molar refractivity (Wildman–Crippen MR) is 124 cm³/mol. The molecule has 1 aromatic carbocycles. The van der Waals surface area contributed by atoms with E-state index in [-0.39, 0.29) is 0 Å². The second-order valence-electron chi connectivity index (χ2n) is 8.02. The highest BCUT2D eigenvalue weighted by Gasteiger charge is 2.19. The van der Waals surface area contributed by atoms with Gasteiger partial charge in [-0.3, -0.25) is 0 Å². The van der Waals surface area contributed by atoms with E-state index in [2.05, 4.69) is 40.2 Å². The molecule has 164 valence electrons. The topological polar surface area (TPSA) is 86.3 Å². The van der Waals surface area contributed by atoms with E-state index in [1.807, 2.05) is 45.7 Å². The molecule has 0 spiro atoms. The number of nitrogens with zero attached hydrogens (tertiary/aromatic N) is 8. The first kappa shape index (κ1) is 19.6. The van der Waals surface area contributed by atoms with Crippen molar-refractivity contribution < 1.29 is 4.74 Å². The monoisotopic (exact) mass is 438 g/mol. The van der Waals surface area contributed by atoms with Crippen LogP contribution in [0.5, 0.6) is 0 Å². The molecule has 0 N–H and O–H groups in total. The van der Waals surface area contributed by atoms with Gasteiger partial charge in [-0.05, 0) is 25.1 Å². The lowest BCUT2D eigenvalue weighted by Crippen LogP contribution is -2.37. The third-order valence-electron chi connectivity index (χ3n) is 5.75. The molecular weight excluding hydrogens is 416 g/mol. The fraction of sp³-hybridized carbons (Fsp3) is 0.208. The van der Waals surface area contributed by atoms with E-state index in [1.54, 1.807) is 12.4 Å². The Labute approximate surface area is 190 Å². The molecule has 0 unspecified atom stereocenters. The van der Waals surface area contributed by atoms with E-state index in [4.69, 9.17) is 19.9 Å². The first-order valence-corrected chi connectivity index (χ1v) is 10.9. The zero-order valence-corrected chi connectivity index (χ0v) is 18.2. The minimum absolute atomic E-state index is 0.681. The Morgan fingerprint density at radius 2 is 1.79 bits per heavy atom. The van der Waals surface area contributed by atoms with Crippen LogP contribution in [0.2, 0.25) is 0 Å². The number of fused-ring (bicyclic) bond motifs is 1. The van der Waals surface area contributed by atoms with E-state index in [0.29, 0.717) is 13.2 Å². The first-order valence-electron chi connectivity index (χ1n) is 10.9. The quantitative estimate of drug-likeness (QED) is 0.426. The van der Waals surface area contributed by atoms with Crippen LogP contribution in [-0.4, -0.2) is 60.9 Å². The van der Waals surface area contributed by atoms with Crippen LogP contribution in [0, 0.1) is 6.92 Å². The molecule has 5 heterocycles. The lowest BCUT2D eigenvalue weighted by Gasteiger charge is -2.29. The van der Waals surface area contributed by atoms with Gasteiger partial charge < -0.3 is 9.64 Å². The average molecular weight is 438 g/mol. The molecule has 9 heteroatoms. The molecule has 0 bridgehead atoms. The number of hydrogen-bond donors (Lipinski definition) is 0. The third-order valence-corrected chi connectivity index (χ3v) is 5.75. The Morgan fingerprint density at radius 1 is 0.879 bits per heavy atom. The van der Waals surface area contributed by atoms with Crippen LogP contribution in [-0.2, 0) is 4.74 Å². The summed E-state index contributed by atoms with van der Waals surface area (Å²) in [5.74, 6) is 1.70. The van der Waals surface area contributed by atoms with Gasteiger partial charge >= 0.3 is 0 Å². The van der Waals surface area contributed by atoms with Gasteiger partial charge in [0.05, 0.1) is 37.0 Å². The van der Waals surface area contributed by atoms with Crippen molar-refractivity contribution in [2.24, 2.45) is 0 Å². The normalized spacial score (nSPS) is 14.2. The van der Waals surface area contributed by atoms with E-state index in [9.17, 15) is 0 Å². The van der Waals surface area contributed by atoms with Crippen LogP contribution in [0.15, 0.2) is 67.1 Å².